The van der Waals surface area contributed by atoms with Gasteiger partial charge in [0.15, 0.2) is 0 Å². The maximum atomic E-state index is 12.2. The molecule has 1 saturated carbocycles. The lowest BCUT2D eigenvalue weighted by molar-refractivity contribution is 0.244. The van der Waals surface area contributed by atoms with E-state index in [-0.39, 0.29) is 17.8 Å². The summed E-state index contributed by atoms with van der Waals surface area (Å²) in [5.74, 6) is 0.0935. The fourth-order valence-corrected chi connectivity index (χ4v) is 4.88. The zero-order valence-corrected chi connectivity index (χ0v) is 15.6. The molecule has 0 atom stereocenters. The molecule has 1 aromatic carbocycles. The van der Waals surface area contributed by atoms with Crippen LogP contribution in [0.3, 0.4) is 0 Å². The SMILES string of the molecule is CCS(=O)(=O)N1CCCc2cc(NC(=O)NC3CCCCC3)ccc21. The molecule has 0 radical (unpaired) electrons. The molecule has 0 aromatic heterocycles. The summed E-state index contributed by atoms with van der Waals surface area (Å²) in [5, 5.41) is 5.92. The minimum atomic E-state index is -3.26. The van der Waals surface area contributed by atoms with Gasteiger partial charge in [-0.25, -0.2) is 13.2 Å². The Kier molecular flexibility index (Phi) is 5.51. The summed E-state index contributed by atoms with van der Waals surface area (Å²) in [5.41, 5.74) is 2.42. The third-order valence-electron chi connectivity index (χ3n) is 5.05. The van der Waals surface area contributed by atoms with Crippen LogP contribution < -0.4 is 14.9 Å². The van der Waals surface area contributed by atoms with Gasteiger partial charge in [0, 0.05) is 18.3 Å². The second kappa shape index (κ2) is 7.64. The van der Waals surface area contributed by atoms with Crippen molar-refractivity contribution >= 4 is 27.4 Å². The van der Waals surface area contributed by atoms with Gasteiger partial charge in [-0.05, 0) is 56.4 Å². The van der Waals surface area contributed by atoms with E-state index in [0.29, 0.717) is 12.2 Å². The molecule has 0 saturated heterocycles. The fourth-order valence-electron chi connectivity index (χ4n) is 3.68. The van der Waals surface area contributed by atoms with Gasteiger partial charge in [-0.1, -0.05) is 19.3 Å². The lowest BCUT2D eigenvalue weighted by Crippen LogP contribution is -2.39. The van der Waals surface area contributed by atoms with Crippen molar-refractivity contribution in [1.29, 1.82) is 0 Å². The normalized spacial score (nSPS) is 18.5. The highest BCUT2D eigenvalue weighted by Crippen LogP contribution is 2.31. The summed E-state index contributed by atoms with van der Waals surface area (Å²) in [7, 11) is -3.26. The van der Waals surface area contributed by atoms with Gasteiger partial charge >= 0.3 is 6.03 Å². The first-order valence-corrected chi connectivity index (χ1v) is 10.8. The number of benzene rings is 1. The summed E-state index contributed by atoms with van der Waals surface area (Å²) < 4.78 is 26.0. The molecule has 1 fully saturated rings. The number of aryl methyl sites for hydroxylation is 1. The molecule has 0 unspecified atom stereocenters. The van der Waals surface area contributed by atoms with Crippen LogP contribution in [0.25, 0.3) is 0 Å². The van der Waals surface area contributed by atoms with Gasteiger partial charge in [-0.2, -0.15) is 0 Å². The van der Waals surface area contributed by atoms with Gasteiger partial charge in [0.25, 0.3) is 0 Å². The second-order valence-electron chi connectivity index (χ2n) is 6.85. The lowest BCUT2D eigenvalue weighted by atomic mass is 9.96. The molecule has 0 spiro atoms. The highest BCUT2D eigenvalue weighted by Gasteiger charge is 2.26. The highest BCUT2D eigenvalue weighted by molar-refractivity contribution is 7.92. The van der Waals surface area contributed by atoms with Crippen molar-refractivity contribution in [2.45, 2.75) is 57.9 Å². The molecule has 6 nitrogen and oxygen atoms in total. The average Bonchev–Trinajstić information content (AvgIpc) is 2.61. The third-order valence-corrected chi connectivity index (χ3v) is 6.83. The first-order chi connectivity index (χ1) is 12.0. The van der Waals surface area contributed by atoms with Gasteiger partial charge in [0.05, 0.1) is 11.4 Å². The van der Waals surface area contributed by atoms with Crippen LogP contribution in [0.5, 0.6) is 0 Å². The predicted molar refractivity (Wildman–Crippen MR) is 101 cm³/mol. The van der Waals surface area contributed by atoms with Crippen LogP contribution in [-0.4, -0.2) is 32.8 Å². The lowest BCUT2D eigenvalue weighted by Gasteiger charge is -2.30. The molecule has 2 N–H and O–H groups in total. The number of sulfonamides is 1. The predicted octanol–water partition coefficient (Wildman–Crippen LogP) is 3.24. The number of hydrogen-bond acceptors (Lipinski definition) is 3. The molecule has 3 rings (SSSR count). The van der Waals surface area contributed by atoms with Crippen LogP contribution in [-0.2, 0) is 16.4 Å². The van der Waals surface area contributed by atoms with E-state index in [1.807, 2.05) is 6.07 Å². The summed E-state index contributed by atoms with van der Waals surface area (Å²) in [6, 6.07) is 5.56. The number of anilines is 2. The maximum absolute atomic E-state index is 12.2. The van der Waals surface area contributed by atoms with Crippen LogP contribution in [0.2, 0.25) is 0 Å². The Labute approximate surface area is 150 Å². The van der Waals surface area contributed by atoms with Crippen LogP contribution in [0, 0.1) is 0 Å². The Morgan fingerprint density at radius 1 is 1.20 bits per heavy atom. The molecule has 7 heteroatoms. The average molecular weight is 365 g/mol. The zero-order chi connectivity index (χ0) is 17.9. The molecular weight excluding hydrogens is 338 g/mol. The number of amides is 2. The second-order valence-corrected chi connectivity index (χ2v) is 9.04. The molecule has 1 heterocycles. The highest BCUT2D eigenvalue weighted by atomic mass is 32.2. The van der Waals surface area contributed by atoms with Gasteiger partial charge in [0.1, 0.15) is 0 Å². The number of carbonyl (C=O) groups is 1. The van der Waals surface area contributed by atoms with Gasteiger partial charge in [-0.3, -0.25) is 4.31 Å². The van der Waals surface area contributed by atoms with Gasteiger partial charge in [0.2, 0.25) is 10.0 Å². The number of hydrogen-bond donors (Lipinski definition) is 2. The Morgan fingerprint density at radius 2 is 1.96 bits per heavy atom. The van der Waals surface area contributed by atoms with Crippen molar-refractivity contribution in [3.8, 4) is 0 Å². The Morgan fingerprint density at radius 3 is 2.68 bits per heavy atom. The molecular formula is C18H27N3O3S. The molecule has 1 aromatic rings. The van der Waals surface area contributed by atoms with Crippen molar-refractivity contribution in [3.05, 3.63) is 23.8 Å². The van der Waals surface area contributed by atoms with Crippen molar-refractivity contribution in [2.24, 2.45) is 0 Å². The molecule has 0 bridgehead atoms. The van der Waals surface area contributed by atoms with Gasteiger partial charge in [-0.15, -0.1) is 0 Å². The quantitative estimate of drug-likeness (QED) is 0.860. The molecule has 25 heavy (non-hydrogen) atoms. The molecule has 2 amide bonds. The first kappa shape index (κ1) is 18.0. The van der Waals surface area contributed by atoms with E-state index in [4.69, 9.17) is 0 Å². The third kappa shape index (κ3) is 4.26. The van der Waals surface area contributed by atoms with Gasteiger partial charge < -0.3 is 10.6 Å². The Bertz CT molecular complexity index is 727. The molecule has 1 aliphatic heterocycles. The standard InChI is InChI=1S/C18H27N3O3S/c1-2-25(23,24)21-12-6-7-14-13-16(10-11-17(14)21)20-18(22)19-15-8-4-3-5-9-15/h10-11,13,15H,2-9,12H2,1H3,(H2,19,20,22). The van der Waals surface area contributed by atoms with E-state index >= 15 is 0 Å². The molecule has 1 aliphatic carbocycles. The van der Waals surface area contributed by atoms with E-state index in [9.17, 15) is 13.2 Å². The number of carbonyl (C=O) groups excluding carboxylic acids is 1. The number of nitrogens with one attached hydrogen (secondary N) is 2. The number of fused-ring (bicyclic) bond motifs is 1. The van der Waals surface area contributed by atoms with E-state index in [1.54, 1.807) is 19.1 Å². The monoisotopic (exact) mass is 365 g/mol. The Hall–Kier alpha value is -1.76. The fraction of sp³-hybridized carbons (Fsp3) is 0.611. The van der Waals surface area contributed by atoms with Crippen molar-refractivity contribution in [2.75, 3.05) is 21.9 Å². The summed E-state index contributed by atoms with van der Waals surface area (Å²) in [6.07, 6.45) is 7.30. The van der Waals surface area contributed by atoms with E-state index in [2.05, 4.69) is 10.6 Å². The van der Waals surface area contributed by atoms with Crippen LogP contribution in [0.1, 0.15) is 51.0 Å². The van der Waals surface area contributed by atoms with Crippen LogP contribution in [0.4, 0.5) is 16.2 Å². The maximum Gasteiger partial charge on any atom is 0.319 e. The number of rotatable bonds is 4. The molecule has 138 valence electrons. The van der Waals surface area contributed by atoms with Crippen molar-refractivity contribution in [1.82, 2.24) is 5.32 Å². The summed E-state index contributed by atoms with van der Waals surface area (Å²) >= 11 is 0. The van der Waals surface area contributed by atoms with Crippen molar-refractivity contribution < 1.29 is 13.2 Å². The van der Waals surface area contributed by atoms with E-state index in [0.717, 1.165) is 36.9 Å². The largest absolute Gasteiger partial charge is 0.335 e. The number of nitrogens with zero attached hydrogens (tertiary/aromatic N) is 1. The minimum Gasteiger partial charge on any atom is -0.335 e. The van der Waals surface area contributed by atoms with E-state index < -0.39 is 10.0 Å². The zero-order valence-electron chi connectivity index (χ0n) is 14.8. The minimum absolute atomic E-state index is 0.0935. The molecule has 2 aliphatic rings. The van der Waals surface area contributed by atoms with Crippen LogP contribution >= 0.6 is 0 Å². The number of urea groups is 1. The smallest absolute Gasteiger partial charge is 0.319 e. The summed E-state index contributed by atoms with van der Waals surface area (Å²) in [6.45, 7) is 2.19. The topological polar surface area (TPSA) is 78.5 Å². The first-order valence-electron chi connectivity index (χ1n) is 9.20. The Balaban J connectivity index is 1.69. The van der Waals surface area contributed by atoms with E-state index in [1.165, 1.54) is 23.6 Å². The summed E-state index contributed by atoms with van der Waals surface area (Å²) in [4.78, 5) is 12.2. The van der Waals surface area contributed by atoms with Crippen molar-refractivity contribution in [3.63, 3.8) is 0 Å². The van der Waals surface area contributed by atoms with Crippen LogP contribution in [0.15, 0.2) is 18.2 Å².